The molecule has 0 unspecified atom stereocenters. The number of guanidine groups is 1. The molecule has 4 nitrogen and oxygen atoms in total. The first kappa shape index (κ1) is 18.4. The van der Waals surface area contributed by atoms with Crippen molar-refractivity contribution in [2.45, 2.75) is 27.2 Å². The molecule has 1 aromatic carbocycles. The van der Waals surface area contributed by atoms with Gasteiger partial charge in [0.15, 0.2) is 5.96 Å². The van der Waals surface area contributed by atoms with Crippen LogP contribution >= 0.6 is 0 Å². The third-order valence-electron chi connectivity index (χ3n) is 3.54. The molecule has 0 fully saturated rings. The van der Waals surface area contributed by atoms with Crippen LogP contribution in [0.4, 0.5) is 4.39 Å². The van der Waals surface area contributed by atoms with Gasteiger partial charge in [0, 0.05) is 19.6 Å². The SMILES string of the molecule is CCNC(=NCCN(CC)CC)NCCc1ccc(F)cc1. The van der Waals surface area contributed by atoms with Gasteiger partial charge < -0.3 is 15.5 Å². The number of hydrogen-bond donors (Lipinski definition) is 2. The van der Waals surface area contributed by atoms with Crippen LogP contribution in [0.1, 0.15) is 26.3 Å². The zero-order valence-corrected chi connectivity index (χ0v) is 14.0. The third kappa shape index (κ3) is 7.41. The van der Waals surface area contributed by atoms with Crippen LogP contribution < -0.4 is 10.6 Å². The lowest BCUT2D eigenvalue weighted by atomic mass is 10.1. The summed E-state index contributed by atoms with van der Waals surface area (Å²) >= 11 is 0. The molecule has 0 amide bonds. The van der Waals surface area contributed by atoms with E-state index in [2.05, 4.69) is 41.3 Å². The molecule has 0 heterocycles. The molecule has 2 N–H and O–H groups in total. The number of benzene rings is 1. The normalized spacial score (nSPS) is 11.8. The summed E-state index contributed by atoms with van der Waals surface area (Å²) in [5.74, 6) is 0.653. The van der Waals surface area contributed by atoms with E-state index in [1.165, 1.54) is 12.1 Å². The standard InChI is InChI=1S/C17H29FN4/c1-4-19-17(21-13-14-22(5-2)6-3)20-12-11-15-7-9-16(18)10-8-15/h7-10H,4-6,11-14H2,1-3H3,(H2,19,20,21). The van der Waals surface area contributed by atoms with E-state index in [1.807, 2.05) is 12.1 Å². The Bertz CT molecular complexity index is 427. The van der Waals surface area contributed by atoms with Gasteiger partial charge in [-0.2, -0.15) is 0 Å². The van der Waals surface area contributed by atoms with E-state index >= 15 is 0 Å². The smallest absolute Gasteiger partial charge is 0.191 e. The summed E-state index contributed by atoms with van der Waals surface area (Å²) in [5, 5.41) is 6.57. The molecular formula is C17H29FN4. The molecule has 5 heteroatoms. The van der Waals surface area contributed by atoms with Gasteiger partial charge >= 0.3 is 0 Å². The summed E-state index contributed by atoms with van der Waals surface area (Å²) in [7, 11) is 0. The number of aliphatic imine (C=N–C) groups is 1. The van der Waals surface area contributed by atoms with Gasteiger partial charge in [-0.1, -0.05) is 26.0 Å². The van der Waals surface area contributed by atoms with E-state index in [4.69, 9.17) is 0 Å². The van der Waals surface area contributed by atoms with Gasteiger partial charge in [-0.05, 0) is 44.1 Å². The zero-order chi connectivity index (χ0) is 16.2. The van der Waals surface area contributed by atoms with E-state index in [1.54, 1.807) is 0 Å². The number of hydrogen-bond acceptors (Lipinski definition) is 2. The monoisotopic (exact) mass is 308 g/mol. The predicted octanol–water partition coefficient (Wildman–Crippen LogP) is 2.27. The Balaban J connectivity index is 2.37. The summed E-state index contributed by atoms with van der Waals surface area (Å²) in [6.07, 6.45) is 0.848. The summed E-state index contributed by atoms with van der Waals surface area (Å²) < 4.78 is 12.9. The molecule has 0 bridgehead atoms. The quantitative estimate of drug-likeness (QED) is 0.543. The fourth-order valence-corrected chi connectivity index (χ4v) is 2.16. The predicted molar refractivity (Wildman–Crippen MR) is 91.9 cm³/mol. The minimum absolute atomic E-state index is 0.192. The fourth-order valence-electron chi connectivity index (χ4n) is 2.16. The Kier molecular flexibility index (Phi) is 9.23. The van der Waals surface area contributed by atoms with Crippen LogP contribution in [0.2, 0.25) is 0 Å². The molecule has 0 aliphatic carbocycles. The maximum absolute atomic E-state index is 12.9. The number of nitrogens with zero attached hydrogens (tertiary/aromatic N) is 2. The summed E-state index contributed by atoms with van der Waals surface area (Å²) in [4.78, 5) is 6.94. The lowest BCUT2D eigenvalue weighted by Gasteiger charge is -2.17. The molecule has 0 saturated carbocycles. The molecule has 0 aromatic heterocycles. The molecule has 0 saturated heterocycles. The van der Waals surface area contributed by atoms with Crippen molar-refractivity contribution in [3.63, 3.8) is 0 Å². The van der Waals surface area contributed by atoms with Crippen LogP contribution in [0.15, 0.2) is 29.3 Å². The first-order chi connectivity index (χ1) is 10.7. The Labute approximate surface area is 133 Å². The Morgan fingerprint density at radius 3 is 2.36 bits per heavy atom. The van der Waals surface area contributed by atoms with E-state index in [0.717, 1.165) is 57.2 Å². The number of rotatable bonds is 9. The summed E-state index contributed by atoms with van der Waals surface area (Å²) in [6, 6.07) is 6.64. The molecule has 0 spiro atoms. The number of likely N-dealkylation sites (N-methyl/N-ethyl adjacent to an activating group) is 1. The van der Waals surface area contributed by atoms with Crippen molar-refractivity contribution in [3.8, 4) is 0 Å². The van der Waals surface area contributed by atoms with E-state index in [0.29, 0.717) is 0 Å². The molecule has 0 aliphatic heterocycles. The van der Waals surface area contributed by atoms with Crippen LogP contribution in [-0.4, -0.2) is 50.1 Å². The molecule has 22 heavy (non-hydrogen) atoms. The molecule has 0 aliphatic rings. The molecule has 0 atom stereocenters. The Hall–Kier alpha value is -1.62. The van der Waals surface area contributed by atoms with Crippen molar-refractivity contribution in [3.05, 3.63) is 35.6 Å². The average Bonchev–Trinajstić information content (AvgIpc) is 2.53. The highest BCUT2D eigenvalue weighted by Crippen LogP contribution is 2.02. The minimum Gasteiger partial charge on any atom is -0.357 e. The molecule has 0 radical (unpaired) electrons. The molecule has 1 rings (SSSR count). The Morgan fingerprint density at radius 2 is 1.77 bits per heavy atom. The molecular weight excluding hydrogens is 279 g/mol. The maximum atomic E-state index is 12.9. The first-order valence-electron chi connectivity index (χ1n) is 8.18. The fraction of sp³-hybridized carbons (Fsp3) is 0.588. The summed E-state index contributed by atoms with van der Waals surface area (Å²) in [5.41, 5.74) is 1.12. The van der Waals surface area contributed by atoms with Gasteiger partial charge in [0.25, 0.3) is 0 Å². The highest BCUT2D eigenvalue weighted by Gasteiger charge is 2.00. The van der Waals surface area contributed by atoms with Gasteiger partial charge in [0.1, 0.15) is 5.82 Å². The van der Waals surface area contributed by atoms with Crippen LogP contribution in [0.25, 0.3) is 0 Å². The second kappa shape index (κ2) is 11.0. The van der Waals surface area contributed by atoms with Crippen molar-refractivity contribution in [1.29, 1.82) is 0 Å². The largest absolute Gasteiger partial charge is 0.357 e. The average molecular weight is 308 g/mol. The van der Waals surface area contributed by atoms with Gasteiger partial charge in [-0.25, -0.2) is 4.39 Å². The molecule has 124 valence electrons. The Morgan fingerprint density at radius 1 is 1.09 bits per heavy atom. The van der Waals surface area contributed by atoms with Gasteiger partial charge in [0.2, 0.25) is 0 Å². The van der Waals surface area contributed by atoms with E-state index < -0.39 is 0 Å². The topological polar surface area (TPSA) is 39.7 Å². The van der Waals surface area contributed by atoms with Crippen LogP contribution in [-0.2, 0) is 6.42 Å². The van der Waals surface area contributed by atoms with Crippen molar-refractivity contribution in [2.24, 2.45) is 4.99 Å². The zero-order valence-electron chi connectivity index (χ0n) is 14.0. The molecule has 1 aromatic rings. The highest BCUT2D eigenvalue weighted by molar-refractivity contribution is 5.79. The van der Waals surface area contributed by atoms with Crippen LogP contribution in [0, 0.1) is 5.82 Å². The van der Waals surface area contributed by atoms with E-state index in [9.17, 15) is 4.39 Å². The van der Waals surface area contributed by atoms with Gasteiger partial charge in [-0.15, -0.1) is 0 Å². The second-order valence-corrected chi connectivity index (χ2v) is 5.09. The van der Waals surface area contributed by atoms with Crippen molar-refractivity contribution in [2.75, 3.05) is 39.3 Å². The maximum Gasteiger partial charge on any atom is 0.191 e. The first-order valence-corrected chi connectivity index (χ1v) is 8.18. The summed E-state index contributed by atoms with van der Waals surface area (Å²) in [6.45, 7) is 11.9. The van der Waals surface area contributed by atoms with Crippen molar-refractivity contribution < 1.29 is 4.39 Å². The van der Waals surface area contributed by atoms with E-state index in [-0.39, 0.29) is 5.82 Å². The van der Waals surface area contributed by atoms with Crippen molar-refractivity contribution >= 4 is 5.96 Å². The van der Waals surface area contributed by atoms with Crippen LogP contribution in [0.3, 0.4) is 0 Å². The number of nitrogens with one attached hydrogen (secondary N) is 2. The number of halogens is 1. The van der Waals surface area contributed by atoms with Gasteiger partial charge in [0.05, 0.1) is 6.54 Å². The van der Waals surface area contributed by atoms with Crippen molar-refractivity contribution in [1.82, 2.24) is 15.5 Å². The van der Waals surface area contributed by atoms with Gasteiger partial charge in [-0.3, -0.25) is 4.99 Å². The lowest BCUT2D eigenvalue weighted by Crippen LogP contribution is -2.39. The second-order valence-electron chi connectivity index (χ2n) is 5.09. The highest BCUT2D eigenvalue weighted by atomic mass is 19.1. The third-order valence-corrected chi connectivity index (χ3v) is 3.54. The lowest BCUT2D eigenvalue weighted by molar-refractivity contribution is 0.313. The van der Waals surface area contributed by atoms with Crippen LogP contribution in [0.5, 0.6) is 0 Å². The minimum atomic E-state index is -0.192.